The van der Waals surface area contributed by atoms with E-state index in [0.29, 0.717) is 5.03 Å². The minimum Gasteiger partial charge on any atom is -0.480 e. The summed E-state index contributed by atoms with van der Waals surface area (Å²) in [6, 6.07) is 0. The van der Waals surface area contributed by atoms with Gasteiger partial charge in [0.15, 0.2) is 0 Å². The minimum absolute atomic E-state index is 0.265. The van der Waals surface area contributed by atoms with Crippen LogP contribution >= 0.6 is 11.8 Å². The second kappa shape index (κ2) is 4.39. The van der Waals surface area contributed by atoms with Crippen LogP contribution in [0.15, 0.2) is 23.6 Å². The first-order valence-electron chi connectivity index (χ1n) is 3.93. The van der Waals surface area contributed by atoms with E-state index in [9.17, 15) is 4.79 Å². The SMILES string of the molecule is CC(N)(CSc1cnccn1)C(=O)O. The molecule has 3 N–H and O–H groups in total. The Morgan fingerprint density at radius 1 is 1.71 bits per heavy atom. The van der Waals surface area contributed by atoms with Crippen LogP contribution < -0.4 is 5.73 Å². The van der Waals surface area contributed by atoms with Crippen molar-refractivity contribution in [2.75, 3.05) is 5.75 Å². The molecule has 1 aromatic heterocycles. The molecule has 1 atom stereocenters. The number of thioether (sulfide) groups is 1. The molecule has 14 heavy (non-hydrogen) atoms. The van der Waals surface area contributed by atoms with Crippen molar-refractivity contribution in [1.29, 1.82) is 0 Å². The second-order valence-electron chi connectivity index (χ2n) is 3.05. The van der Waals surface area contributed by atoms with Gasteiger partial charge in [0.1, 0.15) is 10.6 Å². The summed E-state index contributed by atoms with van der Waals surface area (Å²) in [5.74, 6) is -0.755. The molecule has 0 radical (unpaired) electrons. The molecule has 76 valence electrons. The number of carbonyl (C=O) groups is 1. The number of aromatic nitrogens is 2. The van der Waals surface area contributed by atoms with E-state index in [0.717, 1.165) is 0 Å². The zero-order chi connectivity index (χ0) is 10.6. The van der Waals surface area contributed by atoms with E-state index >= 15 is 0 Å². The van der Waals surface area contributed by atoms with Crippen LogP contribution in [0, 0.1) is 0 Å². The smallest absolute Gasteiger partial charge is 0.324 e. The third kappa shape index (κ3) is 2.97. The molecule has 0 spiro atoms. The van der Waals surface area contributed by atoms with Gasteiger partial charge in [-0.05, 0) is 6.92 Å². The molecule has 0 fully saturated rings. The van der Waals surface area contributed by atoms with Crippen LogP contribution in [0.4, 0.5) is 0 Å². The third-order valence-corrected chi connectivity index (χ3v) is 2.80. The molecule has 0 amide bonds. The Kier molecular flexibility index (Phi) is 3.43. The fraction of sp³-hybridized carbons (Fsp3) is 0.375. The quantitative estimate of drug-likeness (QED) is 0.702. The number of hydrogen-bond donors (Lipinski definition) is 2. The fourth-order valence-electron chi connectivity index (χ4n) is 0.646. The first kappa shape index (κ1) is 10.9. The van der Waals surface area contributed by atoms with Crippen molar-refractivity contribution in [3.8, 4) is 0 Å². The van der Waals surface area contributed by atoms with Crippen LogP contribution in [0.25, 0.3) is 0 Å². The van der Waals surface area contributed by atoms with Crippen molar-refractivity contribution in [2.45, 2.75) is 17.5 Å². The molecule has 5 nitrogen and oxygen atoms in total. The average molecular weight is 213 g/mol. The lowest BCUT2D eigenvalue weighted by molar-refractivity contribution is -0.141. The summed E-state index contributed by atoms with van der Waals surface area (Å²) in [4.78, 5) is 18.5. The predicted molar refractivity (Wildman–Crippen MR) is 53.0 cm³/mol. The summed E-state index contributed by atoms with van der Waals surface area (Å²) in [7, 11) is 0. The van der Waals surface area contributed by atoms with E-state index in [1.165, 1.54) is 18.7 Å². The maximum atomic E-state index is 10.7. The van der Waals surface area contributed by atoms with Crippen LogP contribution in [0.5, 0.6) is 0 Å². The van der Waals surface area contributed by atoms with E-state index < -0.39 is 11.5 Å². The van der Waals surface area contributed by atoms with Gasteiger partial charge in [-0.3, -0.25) is 9.78 Å². The van der Waals surface area contributed by atoms with Gasteiger partial charge in [0.2, 0.25) is 0 Å². The number of hydrogen-bond acceptors (Lipinski definition) is 5. The van der Waals surface area contributed by atoms with E-state index in [1.54, 1.807) is 18.6 Å². The molecule has 1 unspecified atom stereocenters. The lowest BCUT2D eigenvalue weighted by Crippen LogP contribution is -2.47. The molecule has 0 aromatic carbocycles. The van der Waals surface area contributed by atoms with Crippen LogP contribution in [0.3, 0.4) is 0 Å². The Hall–Kier alpha value is -1.14. The molecule has 0 saturated heterocycles. The monoisotopic (exact) mass is 213 g/mol. The van der Waals surface area contributed by atoms with Gasteiger partial charge >= 0.3 is 5.97 Å². The summed E-state index contributed by atoms with van der Waals surface area (Å²) >= 11 is 1.28. The Labute approximate surface area is 85.7 Å². The van der Waals surface area contributed by atoms with Crippen LogP contribution in [0.2, 0.25) is 0 Å². The molecule has 1 rings (SSSR count). The molecular formula is C8H11N3O2S. The van der Waals surface area contributed by atoms with E-state index in [2.05, 4.69) is 9.97 Å². The fourth-order valence-corrected chi connectivity index (χ4v) is 1.49. The van der Waals surface area contributed by atoms with Gasteiger partial charge in [-0.2, -0.15) is 0 Å². The number of carboxylic acid groups (broad SMARTS) is 1. The molecular weight excluding hydrogens is 202 g/mol. The summed E-state index contributed by atoms with van der Waals surface area (Å²) in [5.41, 5.74) is 4.30. The summed E-state index contributed by atoms with van der Waals surface area (Å²) in [6.07, 6.45) is 4.68. The van der Waals surface area contributed by atoms with Gasteiger partial charge in [-0.25, -0.2) is 4.98 Å². The minimum atomic E-state index is -1.23. The highest BCUT2D eigenvalue weighted by Gasteiger charge is 2.27. The summed E-state index contributed by atoms with van der Waals surface area (Å²) in [6.45, 7) is 1.47. The Morgan fingerprint density at radius 2 is 2.43 bits per heavy atom. The van der Waals surface area contributed by atoms with Gasteiger partial charge in [0.25, 0.3) is 0 Å². The van der Waals surface area contributed by atoms with Crippen molar-refractivity contribution >= 4 is 17.7 Å². The Bertz CT molecular complexity index is 316. The number of nitrogens with two attached hydrogens (primary N) is 1. The largest absolute Gasteiger partial charge is 0.480 e. The normalized spacial score (nSPS) is 14.7. The van der Waals surface area contributed by atoms with Crippen molar-refractivity contribution in [3.63, 3.8) is 0 Å². The second-order valence-corrected chi connectivity index (χ2v) is 4.05. The van der Waals surface area contributed by atoms with Crippen molar-refractivity contribution in [2.24, 2.45) is 5.73 Å². The van der Waals surface area contributed by atoms with Gasteiger partial charge < -0.3 is 10.8 Å². The first-order chi connectivity index (χ1) is 6.52. The highest BCUT2D eigenvalue weighted by molar-refractivity contribution is 7.99. The molecule has 0 saturated carbocycles. The van der Waals surface area contributed by atoms with Crippen molar-refractivity contribution < 1.29 is 9.90 Å². The van der Waals surface area contributed by atoms with E-state index in [-0.39, 0.29) is 5.75 Å². The average Bonchev–Trinajstić information content (AvgIpc) is 2.16. The molecule has 1 heterocycles. The van der Waals surface area contributed by atoms with Crippen molar-refractivity contribution in [1.82, 2.24) is 9.97 Å². The Balaban J connectivity index is 2.53. The predicted octanol–water partition coefficient (Wildman–Crippen LogP) is 0.371. The molecule has 0 aliphatic carbocycles. The van der Waals surface area contributed by atoms with Crippen LogP contribution in [0.1, 0.15) is 6.92 Å². The summed E-state index contributed by atoms with van der Waals surface area (Å²) in [5, 5.41) is 9.42. The molecule has 0 bridgehead atoms. The van der Waals surface area contributed by atoms with Gasteiger partial charge in [-0.1, -0.05) is 0 Å². The van der Waals surface area contributed by atoms with Gasteiger partial charge in [0, 0.05) is 18.1 Å². The number of carboxylic acids is 1. The Morgan fingerprint density at radius 3 is 2.93 bits per heavy atom. The molecule has 0 aliphatic heterocycles. The number of aliphatic carboxylic acids is 1. The maximum absolute atomic E-state index is 10.7. The zero-order valence-corrected chi connectivity index (χ0v) is 8.49. The van der Waals surface area contributed by atoms with Crippen LogP contribution in [-0.4, -0.2) is 32.3 Å². The standard InChI is InChI=1S/C8H11N3O2S/c1-8(9,7(12)13)5-14-6-4-10-2-3-11-6/h2-4H,5,9H2,1H3,(H,12,13). The van der Waals surface area contributed by atoms with Crippen LogP contribution in [-0.2, 0) is 4.79 Å². The zero-order valence-electron chi connectivity index (χ0n) is 7.67. The molecule has 0 aliphatic rings. The third-order valence-electron chi connectivity index (χ3n) is 1.55. The highest BCUT2D eigenvalue weighted by Crippen LogP contribution is 2.18. The summed E-state index contributed by atoms with van der Waals surface area (Å²) < 4.78 is 0. The topological polar surface area (TPSA) is 89.1 Å². The number of rotatable bonds is 4. The van der Waals surface area contributed by atoms with Gasteiger partial charge in [0.05, 0.1) is 6.20 Å². The molecule has 6 heteroatoms. The lowest BCUT2D eigenvalue weighted by Gasteiger charge is -2.17. The highest BCUT2D eigenvalue weighted by atomic mass is 32.2. The van der Waals surface area contributed by atoms with E-state index in [4.69, 9.17) is 10.8 Å². The maximum Gasteiger partial charge on any atom is 0.324 e. The lowest BCUT2D eigenvalue weighted by atomic mass is 10.1. The first-order valence-corrected chi connectivity index (χ1v) is 4.92. The number of nitrogens with zero attached hydrogens (tertiary/aromatic N) is 2. The van der Waals surface area contributed by atoms with Gasteiger partial charge in [-0.15, -0.1) is 11.8 Å². The molecule has 1 aromatic rings. The van der Waals surface area contributed by atoms with Crippen molar-refractivity contribution in [3.05, 3.63) is 18.6 Å². The van der Waals surface area contributed by atoms with E-state index in [1.807, 2.05) is 0 Å².